The lowest BCUT2D eigenvalue weighted by Crippen LogP contribution is -2.32. The van der Waals surface area contributed by atoms with E-state index in [1.165, 1.54) is 0 Å². The zero-order chi connectivity index (χ0) is 26.2. The number of ketones is 1. The number of Topliss-reactive ketones (excluding diaryl/α,β-unsaturated/α-hetero) is 1. The number of benzene rings is 2. The van der Waals surface area contributed by atoms with Crippen molar-refractivity contribution in [2.75, 3.05) is 40.4 Å². The molecule has 192 valence electrons. The first-order chi connectivity index (χ1) is 17.3. The van der Waals surface area contributed by atoms with Crippen LogP contribution in [0.5, 0.6) is 11.5 Å². The number of nitrogens with zero attached hydrogens (tertiary/aromatic N) is 2. The Labute approximate surface area is 213 Å². The summed E-state index contributed by atoms with van der Waals surface area (Å²) in [5.41, 5.74) is 2.08. The van der Waals surface area contributed by atoms with Crippen LogP contribution in [0.2, 0.25) is 0 Å². The number of hydrogen-bond donors (Lipinski definition) is 1. The summed E-state index contributed by atoms with van der Waals surface area (Å²) in [7, 11) is 3.93. The molecule has 3 rings (SSSR count). The lowest BCUT2D eigenvalue weighted by molar-refractivity contribution is -0.139. The van der Waals surface area contributed by atoms with Crippen molar-refractivity contribution in [3.63, 3.8) is 0 Å². The normalized spacial score (nSPS) is 17.0. The van der Waals surface area contributed by atoms with Crippen molar-refractivity contribution in [1.29, 1.82) is 0 Å². The predicted octanol–water partition coefficient (Wildman–Crippen LogP) is 4.72. The third kappa shape index (κ3) is 6.15. The molecule has 0 aromatic heterocycles. The number of amides is 1. The summed E-state index contributed by atoms with van der Waals surface area (Å²) in [6.07, 6.45) is 3.24. The largest absolute Gasteiger partial charge is 0.507 e. The molecule has 0 bridgehead atoms. The van der Waals surface area contributed by atoms with E-state index in [1.807, 2.05) is 51.0 Å². The molecule has 0 aliphatic carbocycles. The maximum absolute atomic E-state index is 13.3. The van der Waals surface area contributed by atoms with Crippen LogP contribution in [0.3, 0.4) is 0 Å². The average molecular weight is 493 g/mol. The van der Waals surface area contributed by atoms with Crippen LogP contribution < -0.4 is 9.47 Å². The molecular weight excluding hydrogens is 456 g/mol. The Kier molecular flexibility index (Phi) is 9.31. The van der Waals surface area contributed by atoms with Gasteiger partial charge in [-0.15, -0.1) is 0 Å². The first-order valence-corrected chi connectivity index (χ1v) is 12.3. The Hall–Kier alpha value is -3.58. The Bertz CT molecular complexity index is 1120. The Morgan fingerprint density at radius 2 is 1.81 bits per heavy atom. The molecule has 1 saturated heterocycles. The van der Waals surface area contributed by atoms with Gasteiger partial charge < -0.3 is 24.4 Å². The summed E-state index contributed by atoms with van der Waals surface area (Å²) in [6.45, 7) is 9.66. The van der Waals surface area contributed by atoms with Gasteiger partial charge in [-0.25, -0.2) is 0 Å². The van der Waals surface area contributed by atoms with Gasteiger partial charge in [0.15, 0.2) is 0 Å². The molecule has 1 N–H and O–H groups in total. The molecule has 0 saturated carbocycles. The van der Waals surface area contributed by atoms with Crippen molar-refractivity contribution in [2.45, 2.75) is 32.7 Å². The van der Waals surface area contributed by atoms with Crippen LogP contribution in [0.4, 0.5) is 0 Å². The molecule has 0 spiro atoms. The number of hydrogen-bond acceptors (Lipinski definition) is 6. The zero-order valence-electron chi connectivity index (χ0n) is 21.6. The summed E-state index contributed by atoms with van der Waals surface area (Å²) >= 11 is 0. The second-order valence-electron chi connectivity index (χ2n) is 9.14. The summed E-state index contributed by atoms with van der Waals surface area (Å²) in [5, 5.41) is 11.4. The van der Waals surface area contributed by atoms with Gasteiger partial charge in [-0.05, 0) is 81.9 Å². The van der Waals surface area contributed by atoms with E-state index in [2.05, 4.69) is 6.58 Å². The molecule has 2 aromatic rings. The van der Waals surface area contributed by atoms with Gasteiger partial charge in [0.05, 0.1) is 18.2 Å². The maximum Gasteiger partial charge on any atom is 0.295 e. The van der Waals surface area contributed by atoms with Crippen LogP contribution in [-0.2, 0) is 9.59 Å². The van der Waals surface area contributed by atoms with Gasteiger partial charge in [-0.2, -0.15) is 0 Å². The van der Waals surface area contributed by atoms with E-state index in [9.17, 15) is 14.7 Å². The molecule has 0 unspecified atom stereocenters. The molecular formula is C29H36N2O5. The molecule has 7 heteroatoms. The number of aryl methyl sites for hydroxylation is 1. The zero-order valence-corrected chi connectivity index (χ0v) is 21.6. The van der Waals surface area contributed by atoms with Crippen molar-refractivity contribution in [2.24, 2.45) is 0 Å². The van der Waals surface area contributed by atoms with Gasteiger partial charge in [0.1, 0.15) is 23.9 Å². The third-order valence-corrected chi connectivity index (χ3v) is 6.03. The number of aliphatic hydroxyl groups is 1. The summed E-state index contributed by atoms with van der Waals surface area (Å²) < 4.78 is 11.3. The van der Waals surface area contributed by atoms with Crippen LogP contribution in [-0.4, -0.2) is 67.0 Å². The number of rotatable bonds is 12. The van der Waals surface area contributed by atoms with E-state index < -0.39 is 17.7 Å². The van der Waals surface area contributed by atoms with E-state index >= 15 is 0 Å². The highest BCUT2D eigenvalue weighted by molar-refractivity contribution is 6.46. The standard InChI is InChI=1S/C29H36N2O5/c1-6-17-35-22-11-9-21(10-12-22)26-25(28(33)29(34)31(26)16-8-15-30(4)5)27(32)24-14-13-23(19-20(24)3)36-18-7-2/h6,9-14,19,26,32H,1,7-8,15-18H2,2-5H3/t26-/m0/s1. The van der Waals surface area contributed by atoms with E-state index in [-0.39, 0.29) is 11.3 Å². The number of carbonyl (C=O) groups is 2. The van der Waals surface area contributed by atoms with E-state index in [4.69, 9.17) is 9.47 Å². The van der Waals surface area contributed by atoms with Crippen molar-refractivity contribution < 1.29 is 24.2 Å². The smallest absolute Gasteiger partial charge is 0.295 e. The number of carbonyl (C=O) groups excluding carboxylic acids is 2. The minimum absolute atomic E-state index is 0.0925. The lowest BCUT2D eigenvalue weighted by atomic mass is 9.93. The van der Waals surface area contributed by atoms with Crippen LogP contribution in [0.15, 0.2) is 60.7 Å². The highest BCUT2D eigenvalue weighted by Crippen LogP contribution is 2.40. The molecule has 1 amide bonds. The highest BCUT2D eigenvalue weighted by atomic mass is 16.5. The lowest BCUT2D eigenvalue weighted by Gasteiger charge is -2.26. The second kappa shape index (κ2) is 12.4. The van der Waals surface area contributed by atoms with Gasteiger partial charge in [0.25, 0.3) is 11.7 Å². The van der Waals surface area contributed by atoms with Crippen molar-refractivity contribution in [3.8, 4) is 11.5 Å². The topological polar surface area (TPSA) is 79.3 Å². The fraction of sp³-hybridized carbons (Fsp3) is 0.379. The van der Waals surface area contributed by atoms with Crippen LogP contribution in [0.1, 0.15) is 42.5 Å². The molecule has 1 heterocycles. The average Bonchev–Trinajstić information content (AvgIpc) is 3.11. The van der Waals surface area contributed by atoms with E-state index in [0.717, 1.165) is 24.1 Å². The summed E-state index contributed by atoms with van der Waals surface area (Å²) in [6, 6.07) is 11.9. The SMILES string of the molecule is C=CCOc1ccc([C@H]2C(=C(O)c3ccc(OCCC)cc3C)C(=O)C(=O)N2CCCN(C)C)cc1. The van der Waals surface area contributed by atoms with Crippen molar-refractivity contribution in [3.05, 3.63) is 77.4 Å². The number of aliphatic hydroxyl groups excluding tert-OH is 1. The number of likely N-dealkylation sites (tertiary alicyclic amines) is 1. The minimum atomic E-state index is -0.698. The Morgan fingerprint density at radius 3 is 2.42 bits per heavy atom. The molecule has 1 aliphatic heterocycles. The minimum Gasteiger partial charge on any atom is -0.507 e. The molecule has 1 aliphatic rings. The predicted molar refractivity (Wildman–Crippen MR) is 141 cm³/mol. The Balaban J connectivity index is 2.05. The highest BCUT2D eigenvalue weighted by Gasteiger charge is 2.45. The number of ether oxygens (including phenoxy) is 2. The van der Waals surface area contributed by atoms with Gasteiger partial charge in [-0.1, -0.05) is 31.7 Å². The van der Waals surface area contributed by atoms with Crippen LogP contribution >= 0.6 is 0 Å². The van der Waals surface area contributed by atoms with Gasteiger partial charge in [0.2, 0.25) is 0 Å². The van der Waals surface area contributed by atoms with Crippen molar-refractivity contribution in [1.82, 2.24) is 9.80 Å². The molecule has 2 aromatic carbocycles. The molecule has 1 atom stereocenters. The van der Waals surface area contributed by atoms with Crippen LogP contribution in [0.25, 0.3) is 5.76 Å². The molecule has 1 fully saturated rings. The fourth-order valence-electron chi connectivity index (χ4n) is 4.27. The van der Waals surface area contributed by atoms with Gasteiger partial charge >= 0.3 is 0 Å². The fourth-order valence-corrected chi connectivity index (χ4v) is 4.27. The Morgan fingerprint density at radius 1 is 1.11 bits per heavy atom. The quantitative estimate of drug-likeness (QED) is 0.200. The van der Waals surface area contributed by atoms with Crippen molar-refractivity contribution >= 4 is 17.4 Å². The van der Waals surface area contributed by atoms with Gasteiger partial charge in [-0.3, -0.25) is 9.59 Å². The van der Waals surface area contributed by atoms with Crippen LogP contribution in [0, 0.1) is 6.92 Å². The molecule has 0 radical (unpaired) electrons. The third-order valence-electron chi connectivity index (χ3n) is 6.03. The summed E-state index contributed by atoms with van der Waals surface area (Å²) in [4.78, 5) is 30.0. The van der Waals surface area contributed by atoms with E-state index in [1.54, 1.807) is 35.2 Å². The maximum atomic E-state index is 13.3. The summed E-state index contributed by atoms with van der Waals surface area (Å²) in [5.74, 6) is -0.115. The first kappa shape index (κ1) is 27.0. The second-order valence-corrected chi connectivity index (χ2v) is 9.14. The van der Waals surface area contributed by atoms with E-state index in [0.29, 0.717) is 43.2 Å². The monoisotopic (exact) mass is 492 g/mol. The first-order valence-electron chi connectivity index (χ1n) is 12.3. The molecule has 36 heavy (non-hydrogen) atoms. The van der Waals surface area contributed by atoms with Gasteiger partial charge in [0, 0.05) is 12.1 Å². The molecule has 7 nitrogen and oxygen atoms in total.